The number of halogens is 1. The molecule has 3 rings (SSSR count). The Labute approximate surface area is 161 Å². The van der Waals surface area contributed by atoms with Crippen molar-refractivity contribution in [2.45, 2.75) is 51.6 Å². The maximum absolute atomic E-state index is 13.1. The Bertz CT molecular complexity index is 744. The van der Waals surface area contributed by atoms with Gasteiger partial charge in [0.1, 0.15) is 5.82 Å². The molecule has 144 valence electrons. The summed E-state index contributed by atoms with van der Waals surface area (Å²) < 4.78 is 15.2. The summed E-state index contributed by atoms with van der Waals surface area (Å²) >= 11 is 0. The highest BCUT2D eigenvalue weighted by atomic mass is 19.1. The van der Waals surface area contributed by atoms with Crippen molar-refractivity contribution in [3.8, 4) is 0 Å². The average Bonchev–Trinajstić information content (AvgIpc) is 3.33. The van der Waals surface area contributed by atoms with Crippen LogP contribution in [0.5, 0.6) is 0 Å². The smallest absolute Gasteiger partial charge is 0.223 e. The second-order valence-electron chi connectivity index (χ2n) is 7.51. The minimum atomic E-state index is -0.225. The third kappa shape index (κ3) is 5.56. The summed E-state index contributed by atoms with van der Waals surface area (Å²) in [5.41, 5.74) is 2.12. The normalized spacial score (nSPS) is 14.4. The van der Waals surface area contributed by atoms with Gasteiger partial charge in [-0.3, -0.25) is 4.79 Å². The number of benzene rings is 1. The molecule has 1 fully saturated rings. The molecule has 4 heteroatoms. The summed E-state index contributed by atoms with van der Waals surface area (Å²) in [4.78, 5) is 14.6. The molecule has 3 nitrogen and oxygen atoms in total. The van der Waals surface area contributed by atoms with E-state index in [0.29, 0.717) is 26.1 Å². The zero-order chi connectivity index (χ0) is 19.1. The van der Waals surface area contributed by atoms with Crippen LogP contribution >= 0.6 is 0 Å². The van der Waals surface area contributed by atoms with E-state index in [4.69, 9.17) is 0 Å². The van der Waals surface area contributed by atoms with Gasteiger partial charge in [0.15, 0.2) is 0 Å². The largest absolute Gasteiger partial charge is 0.345 e. The Hall–Kier alpha value is -2.36. The van der Waals surface area contributed by atoms with E-state index >= 15 is 0 Å². The van der Waals surface area contributed by atoms with Crippen molar-refractivity contribution in [3.63, 3.8) is 0 Å². The lowest BCUT2D eigenvalue weighted by atomic mass is 10.0. The molecular weight excluding hydrogens is 339 g/mol. The lowest BCUT2D eigenvalue weighted by Gasteiger charge is -2.23. The number of hydrogen-bond acceptors (Lipinski definition) is 1. The third-order valence-electron chi connectivity index (χ3n) is 5.49. The lowest BCUT2D eigenvalue weighted by molar-refractivity contribution is -0.131. The Morgan fingerprint density at radius 1 is 1.22 bits per heavy atom. The summed E-state index contributed by atoms with van der Waals surface area (Å²) in [6.07, 6.45) is 10.6. The minimum absolute atomic E-state index is 0.205. The molecule has 1 aliphatic rings. The molecular formula is C23H29FN2O. The number of amides is 1. The van der Waals surface area contributed by atoms with Crippen LogP contribution in [0, 0.1) is 11.7 Å². The van der Waals surface area contributed by atoms with E-state index in [1.165, 1.54) is 37.8 Å². The van der Waals surface area contributed by atoms with Crippen molar-refractivity contribution in [1.29, 1.82) is 0 Å². The number of aromatic nitrogens is 1. The molecule has 1 aromatic carbocycles. The molecule has 1 aromatic heterocycles. The molecule has 1 aliphatic carbocycles. The molecule has 0 aliphatic heterocycles. The van der Waals surface area contributed by atoms with Crippen molar-refractivity contribution >= 4 is 5.91 Å². The van der Waals surface area contributed by atoms with Crippen molar-refractivity contribution in [3.05, 3.63) is 72.3 Å². The highest BCUT2D eigenvalue weighted by molar-refractivity contribution is 5.76. The van der Waals surface area contributed by atoms with Crippen LogP contribution in [0.4, 0.5) is 4.39 Å². The molecule has 1 amide bonds. The van der Waals surface area contributed by atoms with Gasteiger partial charge in [0, 0.05) is 31.4 Å². The van der Waals surface area contributed by atoms with Gasteiger partial charge < -0.3 is 9.47 Å². The molecule has 2 aromatic rings. The number of carbonyl (C=O) groups excluding carboxylic acids is 1. The highest BCUT2D eigenvalue weighted by Gasteiger charge is 2.19. The second-order valence-corrected chi connectivity index (χ2v) is 7.51. The van der Waals surface area contributed by atoms with Crippen LogP contribution in [0.25, 0.3) is 0 Å². The molecule has 1 heterocycles. The quantitative estimate of drug-likeness (QED) is 0.561. The topological polar surface area (TPSA) is 25.2 Å². The monoisotopic (exact) mass is 368 g/mol. The molecule has 0 atom stereocenters. The molecule has 1 saturated carbocycles. The van der Waals surface area contributed by atoms with Crippen LogP contribution in [0.15, 0.2) is 55.3 Å². The fourth-order valence-corrected chi connectivity index (χ4v) is 3.92. The van der Waals surface area contributed by atoms with Crippen molar-refractivity contribution in [1.82, 2.24) is 9.47 Å². The maximum Gasteiger partial charge on any atom is 0.223 e. The Morgan fingerprint density at radius 3 is 2.67 bits per heavy atom. The van der Waals surface area contributed by atoms with Gasteiger partial charge in [-0.05, 0) is 42.2 Å². The van der Waals surface area contributed by atoms with Gasteiger partial charge in [0.2, 0.25) is 5.91 Å². The maximum atomic E-state index is 13.1. The predicted molar refractivity (Wildman–Crippen MR) is 107 cm³/mol. The summed E-state index contributed by atoms with van der Waals surface area (Å²) in [6.45, 7) is 5.61. The zero-order valence-corrected chi connectivity index (χ0v) is 15.9. The van der Waals surface area contributed by atoms with Gasteiger partial charge in [-0.1, -0.05) is 43.9 Å². The van der Waals surface area contributed by atoms with Crippen molar-refractivity contribution in [2.75, 3.05) is 6.54 Å². The number of hydrogen-bond donors (Lipinski definition) is 0. The molecule has 0 saturated heterocycles. The molecule has 27 heavy (non-hydrogen) atoms. The Balaban J connectivity index is 1.62. The van der Waals surface area contributed by atoms with E-state index in [2.05, 4.69) is 11.1 Å². The van der Waals surface area contributed by atoms with Gasteiger partial charge in [-0.25, -0.2) is 4.39 Å². The third-order valence-corrected chi connectivity index (χ3v) is 5.49. The van der Waals surface area contributed by atoms with Crippen LogP contribution in [0.2, 0.25) is 0 Å². The first-order chi connectivity index (χ1) is 13.2. The van der Waals surface area contributed by atoms with E-state index < -0.39 is 0 Å². The second kappa shape index (κ2) is 9.54. The summed E-state index contributed by atoms with van der Waals surface area (Å²) in [7, 11) is 0. The Morgan fingerprint density at radius 2 is 1.96 bits per heavy atom. The van der Waals surface area contributed by atoms with Gasteiger partial charge >= 0.3 is 0 Å². The molecule has 0 N–H and O–H groups in total. The van der Waals surface area contributed by atoms with Crippen LogP contribution in [-0.2, 0) is 17.9 Å². The molecule has 0 spiro atoms. The Kier molecular flexibility index (Phi) is 6.86. The summed E-state index contributed by atoms with van der Waals surface area (Å²) in [5, 5.41) is 0. The van der Waals surface area contributed by atoms with Crippen LogP contribution in [0.3, 0.4) is 0 Å². The van der Waals surface area contributed by atoms with E-state index in [9.17, 15) is 9.18 Å². The fourth-order valence-electron chi connectivity index (χ4n) is 3.92. The number of carbonyl (C=O) groups is 1. The van der Waals surface area contributed by atoms with E-state index in [-0.39, 0.29) is 11.7 Å². The van der Waals surface area contributed by atoms with E-state index in [1.54, 1.807) is 18.2 Å². The molecule has 0 radical (unpaired) electrons. The molecule has 0 bridgehead atoms. The fraction of sp³-hybridized carbons (Fsp3) is 0.435. The SMILES string of the molecule is C=CCN(Cc1cccn1Cc1ccc(F)cc1)C(=O)CCC1CCCC1. The lowest BCUT2D eigenvalue weighted by Crippen LogP contribution is -2.31. The van der Waals surface area contributed by atoms with Gasteiger partial charge in [-0.2, -0.15) is 0 Å². The van der Waals surface area contributed by atoms with Gasteiger partial charge in [0.05, 0.1) is 6.54 Å². The van der Waals surface area contributed by atoms with Crippen LogP contribution in [0.1, 0.15) is 49.8 Å². The van der Waals surface area contributed by atoms with Crippen LogP contribution in [-0.4, -0.2) is 21.9 Å². The average molecular weight is 368 g/mol. The number of rotatable bonds is 9. The molecule has 0 unspecified atom stereocenters. The van der Waals surface area contributed by atoms with Gasteiger partial charge in [0.25, 0.3) is 0 Å². The van der Waals surface area contributed by atoms with E-state index in [1.807, 2.05) is 23.2 Å². The standard InChI is InChI=1S/C23H29FN2O/c1-2-15-26(23(27)14-11-19-6-3-4-7-19)18-22-8-5-16-25(22)17-20-9-12-21(24)13-10-20/h2,5,8-10,12-13,16,19H,1,3-4,6-7,11,14-15,17-18H2. The van der Waals surface area contributed by atoms with Crippen molar-refractivity contribution < 1.29 is 9.18 Å². The van der Waals surface area contributed by atoms with Crippen LogP contribution < -0.4 is 0 Å². The number of nitrogens with zero attached hydrogens (tertiary/aromatic N) is 2. The van der Waals surface area contributed by atoms with E-state index in [0.717, 1.165) is 23.6 Å². The first-order valence-electron chi connectivity index (χ1n) is 9.93. The zero-order valence-electron chi connectivity index (χ0n) is 15.9. The van der Waals surface area contributed by atoms with Gasteiger partial charge in [-0.15, -0.1) is 6.58 Å². The summed E-state index contributed by atoms with van der Waals surface area (Å²) in [5.74, 6) is 0.703. The van der Waals surface area contributed by atoms with Crippen molar-refractivity contribution in [2.24, 2.45) is 5.92 Å². The highest BCUT2D eigenvalue weighted by Crippen LogP contribution is 2.28. The first-order valence-corrected chi connectivity index (χ1v) is 9.93. The summed E-state index contributed by atoms with van der Waals surface area (Å²) in [6, 6.07) is 10.6. The minimum Gasteiger partial charge on any atom is -0.345 e. The first kappa shape index (κ1) is 19.4. The predicted octanol–water partition coefficient (Wildman–Crippen LogP) is 5.16.